The molecule has 0 aliphatic carbocycles. The first-order valence-corrected chi connectivity index (χ1v) is 7.31. The first-order chi connectivity index (χ1) is 10.7. The van der Waals surface area contributed by atoms with Gasteiger partial charge in [-0.1, -0.05) is 48.0 Å². The van der Waals surface area contributed by atoms with Crippen molar-refractivity contribution in [1.82, 2.24) is 0 Å². The van der Waals surface area contributed by atoms with E-state index in [-0.39, 0.29) is 5.97 Å². The molecular weight excluding hydrogens is 276 g/mol. The maximum atomic E-state index is 11.7. The number of benzene rings is 2. The van der Waals surface area contributed by atoms with Gasteiger partial charge in [0.1, 0.15) is 12.4 Å². The second-order valence-electron chi connectivity index (χ2n) is 4.89. The fourth-order valence-corrected chi connectivity index (χ4v) is 1.98. The van der Waals surface area contributed by atoms with Crippen LogP contribution in [0.4, 0.5) is 0 Å². The number of ether oxygens (including phenoxy) is 2. The highest BCUT2D eigenvalue weighted by atomic mass is 16.5. The number of rotatable bonds is 6. The second kappa shape index (κ2) is 8.03. The number of hydrogen-bond donors (Lipinski definition) is 0. The van der Waals surface area contributed by atoms with Gasteiger partial charge in [0.2, 0.25) is 0 Å². The molecule has 0 radical (unpaired) electrons. The van der Waals surface area contributed by atoms with Crippen LogP contribution in [0.2, 0.25) is 0 Å². The van der Waals surface area contributed by atoms with Gasteiger partial charge in [-0.25, -0.2) is 4.79 Å². The van der Waals surface area contributed by atoms with Gasteiger partial charge < -0.3 is 9.47 Å². The van der Waals surface area contributed by atoms with Crippen LogP contribution in [0.1, 0.15) is 18.1 Å². The summed E-state index contributed by atoms with van der Waals surface area (Å²) in [5, 5.41) is 0. The van der Waals surface area contributed by atoms with E-state index < -0.39 is 0 Å². The molecule has 3 heteroatoms. The van der Waals surface area contributed by atoms with Gasteiger partial charge in [-0.3, -0.25) is 0 Å². The van der Waals surface area contributed by atoms with E-state index in [2.05, 4.69) is 0 Å². The molecule has 0 bridgehead atoms. The summed E-state index contributed by atoms with van der Waals surface area (Å²) in [7, 11) is 0. The lowest BCUT2D eigenvalue weighted by Gasteiger charge is -2.10. The smallest absolute Gasteiger partial charge is 0.331 e. The number of hydrogen-bond acceptors (Lipinski definition) is 3. The van der Waals surface area contributed by atoms with E-state index in [1.807, 2.05) is 61.5 Å². The van der Waals surface area contributed by atoms with Crippen molar-refractivity contribution < 1.29 is 14.3 Å². The summed E-state index contributed by atoms with van der Waals surface area (Å²) in [4.78, 5) is 11.7. The van der Waals surface area contributed by atoms with Gasteiger partial charge >= 0.3 is 5.97 Å². The average Bonchev–Trinajstić information content (AvgIpc) is 2.54. The average molecular weight is 296 g/mol. The van der Waals surface area contributed by atoms with Gasteiger partial charge in [0, 0.05) is 11.6 Å². The van der Waals surface area contributed by atoms with E-state index >= 15 is 0 Å². The lowest BCUT2D eigenvalue weighted by molar-refractivity contribution is -0.137. The third kappa shape index (κ3) is 4.77. The molecule has 0 saturated carbocycles. The van der Waals surface area contributed by atoms with E-state index in [4.69, 9.17) is 9.47 Å². The topological polar surface area (TPSA) is 35.5 Å². The SMILES string of the molecule is CCOC(=O)/C=C(\COc1ccc(C)cc1)c1ccccc1. The minimum Gasteiger partial charge on any atom is -0.489 e. The Morgan fingerprint density at radius 1 is 1.05 bits per heavy atom. The molecule has 2 rings (SSSR count). The Kier molecular flexibility index (Phi) is 5.78. The summed E-state index contributed by atoms with van der Waals surface area (Å²) in [6.07, 6.45) is 1.49. The third-order valence-corrected chi connectivity index (χ3v) is 3.14. The molecule has 0 fully saturated rings. The van der Waals surface area contributed by atoms with Crippen molar-refractivity contribution in [1.29, 1.82) is 0 Å². The number of carbonyl (C=O) groups excluding carboxylic acids is 1. The van der Waals surface area contributed by atoms with Gasteiger partial charge in [-0.15, -0.1) is 0 Å². The molecular formula is C19H20O3. The summed E-state index contributed by atoms with van der Waals surface area (Å²) < 4.78 is 10.8. The van der Waals surface area contributed by atoms with Crippen LogP contribution in [0.15, 0.2) is 60.7 Å². The van der Waals surface area contributed by atoms with Gasteiger partial charge in [0.25, 0.3) is 0 Å². The van der Waals surface area contributed by atoms with Crippen LogP contribution in [0.25, 0.3) is 5.57 Å². The maximum Gasteiger partial charge on any atom is 0.331 e. The van der Waals surface area contributed by atoms with Crippen molar-refractivity contribution in [3.05, 3.63) is 71.8 Å². The van der Waals surface area contributed by atoms with Crippen LogP contribution in [-0.4, -0.2) is 19.2 Å². The van der Waals surface area contributed by atoms with Crippen molar-refractivity contribution >= 4 is 11.5 Å². The van der Waals surface area contributed by atoms with E-state index in [9.17, 15) is 4.79 Å². The third-order valence-electron chi connectivity index (χ3n) is 3.14. The predicted molar refractivity (Wildman–Crippen MR) is 87.7 cm³/mol. The molecule has 0 atom stereocenters. The van der Waals surface area contributed by atoms with Crippen LogP contribution < -0.4 is 4.74 Å². The Bertz CT molecular complexity index is 627. The largest absolute Gasteiger partial charge is 0.489 e. The Hall–Kier alpha value is -2.55. The molecule has 2 aromatic carbocycles. The van der Waals surface area contributed by atoms with E-state index in [1.165, 1.54) is 11.6 Å². The van der Waals surface area contributed by atoms with E-state index in [0.717, 1.165) is 16.9 Å². The molecule has 0 saturated heterocycles. The van der Waals surface area contributed by atoms with Crippen LogP contribution in [0.5, 0.6) is 5.75 Å². The lowest BCUT2D eigenvalue weighted by atomic mass is 10.1. The molecule has 0 heterocycles. The van der Waals surface area contributed by atoms with Gasteiger partial charge in [0.15, 0.2) is 0 Å². The number of aryl methyl sites for hydroxylation is 1. The Morgan fingerprint density at radius 3 is 2.36 bits per heavy atom. The highest BCUT2D eigenvalue weighted by Crippen LogP contribution is 2.18. The molecule has 114 valence electrons. The lowest BCUT2D eigenvalue weighted by Crippen LogP contribution is -2.06. The minimum absolute atomic E-state index is 0.311. The van der Waals surface area contributed by atoms with Crippen molar-refractivity contribution in [2.75, 3.05) is 13.2 Å². The fraction of sp³-hybridized carbons (Fsp3) is 0.211. The Labute approximate surface area is 131 Å². The van der Waals surface area contributed by atoms with Crippen LogP contribution in [0, 0.1) is 6.92 Å². The summed E-state index contributed by atoms with van der Waals surface area (Å²) in [6, 6.07) is 17.5. The van der Waals surface area contributed by atoms with Crippen molar-refractivity contribution in [3.63, 3.8) is 0 Å². The monoisotopic (exact) mass is 296 g/mol. The summed E-state index contributed by atoms with van der Waals surface area (Å²) >= 11 is 0. The Morgan fingerprint density at radius 2 is 1.73 bits per heavy atom. The summed E-state index contributed by atoms with van der Waals surface area (Å²) in [6.45, 7) is 4.48. The van der Waals surface area contributed by atoms with Crippen molar-refractivity contribution in [2.24, 2.45) is 0 Å². The molecule has 0 aliphatic heterocycles. The van der Waals surface area contributed by atoms with Crippen LogP contribution in [0.3, 0.4) is 0 Å². The van der Waals surface area contributed by atoms with E-state index in [1.54, 1.807) is 6.92 Å². The zero-order valence-corrected chi connectivity index (χ0v) is 12.9. The van der Waals surface area contributed by atoms with Crippen molar-refractivity contribution in [3.8, 4) is 5.75 Å². The normalized spacial score (nSPS) is 11.1. The number of carbonyl (C=O) groups is 1. The minimum atomic E-state index is -0.353. The zero-order chi connectivity index (χ0) is 15.8. The molecule has 0 aromatic heterocycles. The van der Waals surface area contributed by atoms with Crippen LogP contribution >= 0.6 is 0 Å². The molecule has 0 amide bonds. The predicted octanol–water partition coefficient (Wildman–Crippen LogP) is 4.02. The molecule has 2 aromatic rings. The molecule has 0 N–H and O–H groups in total. The quantitative estimate of drug-likeness (QED) is 0.596. The highest BCUT2D eigenvalue weighted by molar-refractivity contribution is 5.91. The first-order valence-electron chi connectivity index (χ1n) is 7.31. The standard InChI is InChI=1S/C19H20O3/c1-3-21-19(20)13-17(16-7-5-4-6-8-16)14-22-18-11-9-15(2)10-12-18/h4-13H,3,14H2,1-2H3/b17-13+. The molecule has 0 aliphatic rings. The van der Waals surface area contributed by atoms with Gasteiger partial charge in [0.05, 0.1) is 6.61 Å². The van der Waals surface area contributed by atoms with Crippen molar-refractivity contribution in [2.45, 2.75) is 13.8 Å². The molecule has 3 nitrogen and oxygen atoms in total. The summed E-state index contributed by atoms with van der Waals surface area (Å²) in [5.41, 5.74) is 2.92. The van der Waals surface area contributed by atoms with Gasteiger partial charge in [-0.2, -0.15) is 0 Å². The maximum absolute atomic E-state index is 11.7. The molecule has 22 heavy (non-hydrogen) atoms. The number of esters is 1. The zero-order valence-electron chi connectivity index (χ0n) is 12.9. The second-order valence-corrected chi connectivity index (χ2v) is 4.89. The Balaban J connectivity index is 2.14. The van der Waals surface area contributed by atoms with Gasteiger partial charge in [-0.05, 0) is 31.5 Å². The molecule has 0 spiro atoms. The van der Waals surface area contributed by atoms with Crippen LogP contribution in [-0.2, 0) is 9.53 Å². The van der Waals surface area contributed by atoms with E-state index in [0.29, 0.717) is 13.2 Å². The summed E-state index contributed by atoms with van der Waals surface area (Å²) in [5.74, 6) is 0.421. The molecule has 0 unspecified atom stereocenters. The highest BCUT2D eigenvalue weighted by Gasteiger charge is 2.07. The fourth-order valence-electron chi connectivity index (χ4n) is 1.98. The first kappa shape index (κ1) is 15.8.